The Morgan fingerprint density at radius 3 is 2.32 bits per heavy atom. The minimum Gasteiger partial charge on any atom is -0.478 e. The van der Waals surface area contributed by atoms with Crippen LogP contribution >= 0.6 is 0 Å². The quantitative estimate of drug-likeness (QED) is 0.260. The third-order valence-corrected chi connectivity index (χ3v) is 6.09. The summed E-state index contributed by atoms with van der Waals surface area (Å²) in [5, 5.41) is 9.68. The fraction of sp³-hybridized carbons (Fsp3) is 0.138. The van der Waals surface area contributed by atoms with Crippen LogP contribution in [-0.2, 0) is 0 Å². The van der Waals surface area contributed by atoms with Crippen LogP contribution in [0.4, 0.5) is 20.2 Å². The van der Waals surface area contributed by atoms with Gasteiger partial charge in [-0.15, -0.1) is 0 Å². The molecule has 3 aromatic carbocycles. The summed E-state index contributed by atoms with van der Waals surface area (Å²) in [6, 6.07) is 19.9. The molecular formula is C29H22F2N2O4. The number of hydrogen-bond acceptors (Lipinski definition) is 5. The maximum absolute atomic E-state index is 13.9. The van der Waals surface area contributed by atoms with Crippen LogP contribution < -0.4 is 9.64 Å². The van der Waals surface area contributed by atoms with Crippen molar-refractivity contribution in [3.8, 4) is 11.5 Å². The first-order valence-corrected chi connectivity index (χ1v) is 11.7. The Labute approximate surface area is 211 Å². The van der Waals surface area contributed by atoms with Crippen molar-refractivity contribution in [1.29, 1.82) is 0 Å². The van der Waals surface area contributed by atoms with E-state index in [1.807, 2.05) is 11.0 Å². The molecule has 0 aliphatic heterocycles. The molecule has 0 bridgehead atoms. The summed E-state index contributed by atoms with van der Waals surface area (Å²) in [4.78, 5) is 31.1. The summed E-state index contributed by atoms with van der Waals surface area (Å²) < 4.78 is 33.0. The number of rotatable bonds is 9. The van der Waals surface area contributed by atoms with Crippen LogP contribution in [0.5, 0.6) is 11.5 Å². The van der Waals surface area contributed by atoms with Gasteiger partial charge < -0.3 is 14.7 Å². The molecule has 1 N–H and O–H groups in total. The van der Waals surface area contributed by atoms with E-state index in [0.29, 0.717) is 29.6 Å². The minimum atomic E-state index is -1.23. The molecule has 0 unspecified atom stereocenters. The summed E-state index contributed by atoms with van der Waals surface area (Å²) in [5.74, 6) is -2.52. The average Bonchev–Trinajstić information content (AvgIpc) is 3.74. The standard InChI is InChI=1S/C29H22F2N2O4/c30-24-11-9-20(15-25(24)31)33(17-18-6-7-18)21-10-12-26(32-16-21)28(34)19-8-13-27(23(14-19)29(35)36)37-22-4-2-1-3-5-22/h1-5,8-16,18H,6-7,17H2,(H,35,36). The lowest BCUT2D eigenvalue weighted by atomic mass is 10.0. The number of ether oxygens (including phenoxy) is 1. The van der Waals surface area contributed by atoms with Crippen LogP contribution in [0, 0.1) is 17.6 Å². The molecule has 1 fully saturated rings. The van der Waals surface area contributed by atoms with Crippen LogP contribution in [0.15, 0.2) is 85.1 Å². The molecule has 0 spiro atoms. The molecule has 0 saturated heterocycles. The van der Waals surface area contributed by atoms with Crippen molar-refractivity contribution in [2.24, 2.45) is 5.92 Å². The van der Waals surface area contributed by atoms with Gasteiger partial charge in [-0.1, -0.05) is 18.2 Å². The van der Waals surface area contributed by atoms with Crippen molar-refractivity contribution < 1.29 is 28.2 Å². The number of hydrogen-bond donors (Lipinski definition) is 1. The summed E-state index contributed by atoms with van der Waals surface area (Å²) in [7, 11) is 0. The number of carbonyl (C=O) groups excluding carboxylic acids is 1. The third kappa shape index (κ3) is 5.48. The van der Waals surface area contributed by atoms with Crippen LogP contribution in [-0.4, -0.2) is 28.4 Å². The fourth-order valence-electron chi connectivity index (χ4n) is 3.94. The molecule has 0 amide bonds. The number of anilines is 2. The molecule has 6 nitrogen and oxygen atoms in total. The molecule has 0 atom stereocenters. The Balaban J connectivity index is 1.40. The minimum absolute atomic E-state index is 0.112. The Morgan fingerprint density at radius 2 is 1.68 bits per heavy atom. The Morgan fingerprint density at radius 1 is 0.919 bits per heavy atom. The number of ketones is 1. The van der Waals surface area contributed by atoms with Crippen molar-refractivity contribution in [3.63, 3.8) is 0 Å². The zero-order valence-electron chi connectivity index (χ0n) is 19.6. The molecular weight excluding hydrogens is 478 g/mol. The number of carbonyl (C=O) groups is 2. The predicted octanol–water partition coefficient (Wildman–Crippen LogP) is 6.63. The zero-order valence-corrected chi connectivity index (χ0v) is 19.6. The molecule has 1 aliphatic rings. The largest absolute Gasteiger partial charge is 0.478 e. The summed E-state index contributed by atoms with van der Waals surface area (Å²) in [6.45, 7) is 0.616. The second-order valence-corrected chi connectivity index (χ2v) is 8.81. The van der Waals surface area contributed by atoms with Crippen LogP contribution in [0.25, 0.3) is 0 Å². The smallest absolute Gasteiger partial charge is 0.339 e. The van der Waals surface area contributed by atoms with E-state index < -0.39 is 23.4 Å². The van der Waals surface area contributed by atoms with Gasteiger partial charge in [0.1, 0.15) is 22.8 Å². The van der Waals surface area contributed by atoms with Gasteiger partial charge in [0.15, 0.2) is 11.6 Å². The van der Waals surface area contributed by atoms with Crippen molar-refractivity contribution in [2.45, 2.75) is 12.8 Å². The van der Waals surface area contributed by atoms with Crippen molar-refractivity contribution in [3.05, 3.63) is 114 Å². The monoisotopic (exact) mass is 500 g/mol. The number of nitrogens with zero attached hydrogens (tertiary/aromatic N) is 2. The highest BCUT2D eigenvalue weighted by atomic mass is 19.2. The number of carboxylic acids is 1. The highest BCUT2D eigenvalue weighted by molar-refractivity contribution is 6.09. The molecule has 1 saturated carbocycles. The molecule has 1 heterocycles. The normalized spacial score (nSPS) is 12.7. The van der Waals surface area contributed by atoms with Crippen molar-refractivity contribution >= 4 is 23.1 Å². The van der Waals surface area contributed by atoms with Crippen LogP contribution in [0.1, 0.15) is 39.3 Å². The second kappa shape index (κ2) is 10.2. The molecule has 0 radical (unpaired) electrons. The molecule has 5 rings (SSSR count). The first kappa shape index (κ1) is 24.1. The molecule has 1 aromatic heterocycles. The zero-order chi connectivity index (χ0) is 25.9. The first-order chi connectivity index (χ1) is 17.9. The SMILES string of the molecule is O=C(c1ccc(Oc2ccccc2)c(C(=O)O)c1)c1ccc(N(CC2CC2)c2ccc(F)c(F)c2)cn1. The number of halogens is 2. The van der Waals surface area contributed by atoms with E-state index in [2.05, 4.69) is 4.98 Å². The molecule has 4 aromatic rings. The van der Waals surface area contributed by atoms with Gasteiger partial charge in [0.05, 0.1) is 11.9 Å². The molecule has 1 aliphatic carbocycles. The van der Waals surface area contributed by atoms with Gasteiger partial charge in [0, 0.05) is 23.9 Å². The topological polar surface area (TPSA) is 79.7 Å². The van der Waals surface area contributed by atoms with Gasteiger partial charge >= 0.3 is 5.97 Å². The first-order valence-electron chi connectivity index (χ1n) is 11.7. The number of aromatic carboxylic acids is 1. The molecule has 186 valence electrons. The van der Waals surface area contributed by atoms with Gasteiger partial charge in [-0.2, -0.15) is 0 Å². The summed E-state index contributed by atoms with van der Waals surface area (Å²) in [6.07, 6.45) is 3.61. The average molecular weight is 501 g/mol. The predicted molar refractivity (Wildman–Crippen MR) is 134 cm³/mol. The van der Waals surface area contributed by atoms with E-state index in [1.54, 1.807) is 30.3 Å². The third-order valence-electron chi connectivity index (χ3n) is 6.09. The number of benzene rings is 3. The van der Waals surface area contributed by atoms with Gasteiger partial charge in [-0.3, -0.25) is 9.78 Å². The van der Waals surface area contributed by atoms with E-state index in [9.17, 15) is 23.5 Å². The summed E-state index contributed by atoms with van der Waals surface area (Å²) in [5.41, 5.74) is 1.24. The highest BCUT2D eigenvalue weighted by Gasteiger charge is 2.26. The number of carboxylic acid groups (broad SMARTS) is 1. The van der Waals surface area contributed by atoms with Crippen LogP contribution in [0.2, 0.25) is 0 Å². The Bertz CT molecular complexity index is 1450. The van der Waals surface area contributed by atoms with Gasteiger partial charge in [-0.05, 0) is 73.4 Å². The second-order valence-electron chi connectivity index (χ2n) is 8.81. The van der Waals surface area contributed by atoms with Crippen LogP contribution in [0.3, 0.4) is 0 Å². The Hall–Kier alpha value is -4.59. The van der Waals surface area contributed by atoms with Crippen molar-refractivity contribution in [2.75, 3.05) is 11.4 Å². The van der Waals surface area contributed by atoms with Gasteiger partial charge in [0.25, 0.3) is 0 Å². The maximum Gasteiger partial charge on any atom is 0.339 e. The molecule has 8 heteroatoms. The van der Waals surface area contributed by atoms with Crippen molar-refractivity contribution in [1.82, 2.24) is 4.98 Å². The van der Waals surface area contributed by atoms with E-state index in [4.69, 9.17) is 4.74 Å². The van der Waals surface area contributed by atoms with Gasteiger partial charge in [0.2, 0.25) is 5.78 Å². The van der Waals surface area contributed by atoms with E-state index in [1.165, 1.54) is 36.5 Å². The highest BCUT2D eigenvalue weighted by Crippen LogP contribution is 2.35. The number of pyridine rings is 1. The van der Waals surface area contributed by atoms with E-state index in [0.717, 1.165) is 25.0 Å². The summed E-state index contributed by atoms with van der Waals surface area (Å²) >= 11 is 0. The van der Waals surface area contributed by atoms with Gasteiger partial charge in [-0.25, -0.2) is 13.6 Å². The maximum atomic E-state index is 13.9. The number of aromatic nitrogens is 1. The lowest BCUT2D eigenvalue weighted by molar-refractivity contribution is 0.0694. The lowest BCUT2D eigenvalue weighted by Crippen LogP contribution is -2.20. The molecule has 37 heavy (non-hydrogen) atoms. The number of para-hydroxylation sites is 1. The van der Waals surface area contributed by atoms with E-state index >= 15 is 0 Å². The lowest BCUT2D eigenvalue weighted by Gasteiger charge is -2.25. The fourth-order valence-corrected chi connectivity index (χ4v) is 3.94. The van der Waals surface area contributed by atoms with E-state index in [-0.39, 0.29) is 22.6 Å². The Kier molecular flexibility index (Phi) is 6.64.